The van der Waals surface area contributed by atoms with Crippen molar-refractivity contribution in [1.82, 2.24) is 0 Å². The molecule has 0 fully saturated rings. The van der Waals surface area contributed by atoms with E-state index in [1.165, 1.54) is 0 Å². The van der Waals surface area contributed by atoms with Crippen molar-refractivity contribution >= 4 is 14.6 Å². The van der Waals surface area contributed by atoms with Crippen LogP contribution in [0.4, 0.5) is 0 Å². The molecule has 0 spiro atoms. The fourth-order valence-electron chi connectivity index (χ4n) is 1.80. The van der Waals surface area contributed by atoms with Crippen molar-refractivity contribution in [3.8, 4) is 0 Å². The molecule has 3 nitrogen and oxygen atoms in total. The van der Waals surface area contributed by atoms with Crippen molar-refractivity contribution in [3.05, 3.63) is 35.9 Å². The summed E-state index contributed by atoms with van der Waals surface area (Å²) in [5.41, 5.74) is 1.09. The molecule has 0 aliphatic heterocycles. The second-order valence-electron chi connectivity index (χ2n) is 7.22. The van der Waals surface area contributed by atoms with Crippen LogP contribution in [-0.4, -0.2) is 27.3 Å². The summed E-state index contributed by atoms with van der Waals surface area (Å²) in [6.45, 7) is 12.4. The highest BCUT2D eigenvalue weighted by atomic mass is 28.4. The molecule has 0 bridgehead atoms. The lowest BCUT2D eigenvalue weighted by Crippen LogP contribution is -2.41. The highest BCUT2D eigenvalue weighted by Gasteiger charge is 2.36. The van der Waals surface area contributed by atoms with Gasteiger partial charge in [-0.2, -0.15) is 0 Å². The molecule has 0 aromatic heterocycles. The zero-order chi connectivity index (χ0) is 16.6. The van der Waals surface area contributed by atoms with Crippen LogP contribution in [0.5, 0.6) is 0 Å². The predicted octanol–water partition coefficient (Wildman–Crippen LogP) is 4.57. The Morgan fingerprint density at radius 2 is 1.82 bits per heavy atom. The summed E-state index contributed by atoms with van der Waals surface area (Å²) in [6, 6.07) is 9.92. The summed E-state index contributed by atoms with van der Waals surface area (Å²) in [5, 5.41) is 0.223. The number of hydrogen-bond acceptors (Lipinski definition) is 3. The first-order chi connectivity index (χ1) is 10.3. The number of rotatable bonds is 9. The zero-order valence-electron chi connectivity index (χ0n) is 14.6. The van der Waals surface area contributed by atoms with Crippen LogP contribution in [0.1, 0.15) is 39.2 Å². The third kappa shape index (κ3) is 6.42. The Kier molecular flexibility index (Phi) is 7.46. The van der Waals surface area contributed by atoms with Gasteiger partial charge in [-0.25, -0.2) is 0 Å². The van der Waals surface area contributed by atoms with Gasteiger partial charge in [0.2, 0.25) is 0 Å². The van der Waals surface area contributed by atoms with Crippen LogP contribution >= 0.6 is 0 Å². The number of ether oxygens (including phenoxy) is 1. The average molecular weight is 323 g/mol. The van der Waals surface area contributed by atoms with Crippen LogP contribution in [0.15, 0.2) is 30.3 Å². The fraction of sp³-hybridized carbons (Fsp3) is 0.611. The van der Waals surface area contributed by atoms with Gasteiger partial charge < -0.3 is 14.0 Å². The molecule has 124 valence electrons. The molecule has 0 heterocycles. The van der Waals surface area contributed by atoms with Crippen LogP contribution in [0.3, 0.4) is 0 Å². The highest BCUT2D eigenvalue weighted by molar-refractivity contribution is 6.74. The Labute approximate surface area is 136 Å². The molecule has 22 heavy (non-hydrogen) atoms. The largest absolute Gasteiger partial charge is 0.417 e. The van der Waals surface area contributed by atoms with Gasteiger partial charge in [-0.15, -0.1) is 0 Å². The van der Waals surface area contributed by atoms with Gasteiger partial charge in [0.15, 0.2) is 8.32 Å². The molecule has 1 rings (SSSR count). The second kappa shape index (κ2) is 8.60. The molecule has 4 heteroatoms. The van der Waals surface area contributed by atoms with E-state index in [4.69, 9.17) is 9.16 Å². The lowest BCUT2D eigenvalue weighted by Gasteiger charge is -2.36. The molecule has 0 N–H and O–H groups in total. The quantitative estimate of drug-likeness (QED) is 0.379. The van der Waals surface area contributed by atoms with Crippen LogP contribution in [0.2, 0.25) is 18.1 Å². The minimum Gasteiger partial charge on any atom is -0.417 e. The Hall–Kier alpha value is -0.973. The van der Waals surface area contributed by atoms with Gasteiger partial charge in [-0.3, -0.25) is 0 Å². The molecule has 1 atom stereocenters. The van der Waals surface area contributed by atoms with E-state index in [1.807, 2.05) is 30.3 Å². The standard InChI is InChI=1S/C18H30O3Si/c1-18(2,3)22(4,5)21-13-9-12-17(14-19)20-15-16-10-7-6-8-11-16/h6-8,10-11,14,17H,9,12-13,15H2,1-5H3. The number of aldehydes is 1. The summed E-state index contributed by atoms with van der Waals surface area (Å²) in [7, 11) is -1.69. The van der Waals surface area contributed by atoms with Crippen LogP contribution in [0.25, 0.3) is 0 Å². The van der Waals surface area contributed by atoms with E-state index in [-0.39, 0.29) is 11.1 Å². The lowest BCUT2D eigenvalue weighted by atomic mass is 10.2. The molecule has 0 aliphatic rings. The van der Waals surface area contributed by atoms with Gasteiger partial charge in [-0.05, 0) is 36.5 Å². The van der Waals surface area contributed by atoms with Gasteiger partial charge in [-0.1, -0.05) is 51.1 Å². The normalized spacial score (nSPS) is 13.9. The number of hydrogen-bond donors (Lipinski definition) is 0. The Balaban J connectivity index is 2.28. The van der Waals surface area contributed by atoms with Gasteiger partial charge in [0.1, 0.15) is 12.4 Å². The van der Waals surface area contributed by atoms with E-state index in [0.29, 0.717) is 19.6 Å². The van der Waals surface area contributed by atoms with Crippen molar-refractivity contribution in [3.63, 3.8) is 0 Å². The van der Waals surface area contributed by atoms with E-state index in [9.17, 15) is 4.79 Å². The third-order valence-electron chi connectivity index (χ3n) is 4.36. The summed E-state index contributed by atoms with van der Waals surface area (Å²) < 4.78 is 11.8. The fourth-order valence-corrected chi connectivity index (χ4v) is 2.88. The molecular weight excluding hydrogens is 292 g/mol. The molecule has 1 aromatic carbocycles. The summed E-state index contributed by atoms with van der Waals surface area (Å²) in [6.07, 6.45) is 2.12. The van der Waals surface area contributed by atoms with E-state index < -0.39 is 8.32 Å². The van der Waals surface area contributed by atoms with Crippen molar-refractivity contribution < 1.29 is 14.0 Å². The van der Waals surface area contributed by atoms with Gasteiger partial charge in [0.05, 0.1) is 6.61 Å². The first kappa shape index (κ1) is 19.1. The van der Waals surface area contributed by atoms with E-state index in [0.717, 1.165) is 18.3 Å². The van der Waals surface area contributed by atoms with E-state index >= 15 is 0 Å². The monoisotopic (exact) mass is 322 g/mol. The molecule has 1 unspecified atom stereocenters. The van der Waals surface area contributed by atoms with E-state index in [2.05, 4.69) is 33.9 Å². The average Bonchev–Trinajstić information content (AvgIpc) is 2.46. The van der Waals surface area contributed by atoms with Crippen molar-refractivity contribution in [2.45, 2.75) is 64.5 Å². The molecule has 0 aliphatic carbocycles. The van der Waals surface area contributed by atoms with Crippen LogP contribution in [0, 0.1) is 0 Å². The Morgan fingerprint density at radius 3 is 2.36 bits per heavy atom. The first-order valence-corrected chi connectivity index (χ1v) is 10.9. The number of carbonyl (C=O) groups is 1. The minimum absolute atomic E-state index is 0.223. The summed E-state index contributed by atoms with van der Waals surface area (Å²) in [5.74, 6) is 0. The topological polar surface area (TPSA) is 35.5 Å². The molecule has 0 saturated heterocycles. The molecule has 0 amide bonds. The van der Waals surface area contributed by atoms with Gasteiger partial charge in [0, 0.05) is 6.61 Å². The van der Waals surface area contributed by atoms with Gasteiger partial charge >= 0.3 is 0 Å². The van der Waals surface area contributed by atoms with E-state index in [1.54, 1.807) is 0 Å². The minimum atomic E-state index is -1.69. The molecule has 0 radical (unpaired) electrons. The smallest absolute Gasteiger partial charge is 0.191 e. The predicted molar refractivity (Wildman–Crippen MR) is 93.5 cm³/mol. The zero-order valence-corrected chi connectivity index (χ0v) is 15.6. The van der Waals surface area contributed by atoms with Crippen LogP contribution < -0.4 is 0 Å². The summed E-state index contributed by atoms with van der Waals surface area (Å²) >= 11 is 0. The number of benzene rings is 1. The van der Waals surface area contributed by atoms with Crippen molar-refractivity contribution in [1.29, 1.82) is 0 Å². The van der Waals surface area contributed by atoms with Crippen molar-refractivity contribution in [2.75, 3.05) is 6.61 Å². The van der Waals surface area contributed by atoms with Crippen molar-refractivity contribution in [2.24, 2.45) is 0 Å². The molecule has 0 saturated carbocycles. The molecular formula is C18H30O3Si. The summed E-state index contributed by atoms with van der Waals surface area (Å²) in [4.78, 5) is 11.1. The second-order valence-corrected chi connectivity index (χ2v) is 12.0. The number of carbonyl (C=O) groups excluding carboxylic acids is 1. The third-order valence-corrected chi connectivity index (χ3v) is 8.90. The van der Waals surface area contributed by atoms with Crippen LogP contribution in [-0.2, 0) is 20.6 Å². The highest BCUT2D eigenvalue weighted by Crippen LogP contribution is 2.36. The Bertz CT molecular complexity index is 437. The molecule has 1 aromatic rings. The first-order valence-electron chi connectivity index (χ1n) is 8.01. The Morgan fingerprint density at radius 1 is 1.18 bits per heavy atom. The lowest BCUT2D eigenvalue weighted by molar-refractivity contribution is -0.119. The van der Waals surface area contributed by atoms with Gasteiger partial charge in [0.25, 0.3) is 0 Å². The maximum atomic E-state index is 11.1. The maximum absolute atomic E-state index is 11.1. The maximum Gasteiger partial charge on any atom is 0.191 e. The SMILES string of the molecule is CC(C)(C)[Si](C)(C)OCCCC(C=O)OCc1ccccc1.